The lowest BCUT2D eigenvalue weighted by molar-refractivity contribution is -0.107. The van der Waals surface area contributed by atoms with Gasteiger partial charge in [0, 0.05) is 0 Å². The number of thioether (sulfide) groups is 1. The standard InChI is InChI=1S/C15H10FNOS/c16-14-7-5-12(6-8-14)11-1-3-13(4-2-11)15(9-18)19-10-17/h1-9,15H/t15-/m1/s1. The maximum absolute atomic E-state index is 12.8. The third-order valence-electron chi connectivity index (χ3n) is 2.72. The van der Waals surface area contributed by atoms with E-state index in [9.17, 15) is 9.18 Å². The summed E-state index contributed by atoms with van der Waals surface area (Å²) in [5.41, 5.74) is 2.63. The van der Waals surface area contributed by atoms with Crippen molar-refractivity contribution in [1.29, 1.82) is 5.26 Å². The summed E-state index contributed by atoms with van der Waals surface area (Å²) < 4.78 is 12.8. The first kappa shape index (κ1) is 13.3. The normalized spacial score (nSPS) is 11.6. The molecule has 0 aliphatic carbocycles. The Labute approximate surface area is 114 Å². The molecule has 0 radical (unpaired) electrons. The monoisotopic (exact) mass is 271 g/mol. The Morgan fingerprint density at radius 3 is 2.05 bits per heavy atom. The van der Waals surface area contributed by atoms with Crippen LogP contribution in [0, 0.1) is 16.5 Å². The van der Waals surface area contributed by atoms with Crippen LogP contribution in [0.3, 0.4) is 0 Å². The van der Waals surface area contributed by atoms with Gasteiger partial charge in [-0.3, -0.25) is 0 Å². The molecular weight excluding hydrogens is 261 g/mol. The molecule has 2 rings (SSSR count). The van der Waals surface area contributed by atoms with E-state index in [1.54, 1.807) is 12.1 Å². The molecule has 2 nitrogen and oxygen atoms in total. The summed E-state index contributed by atoms with van der Waals surface area (Å²) >= 11 is 0.921. The van der Waals surface area contributed by atoms with E-state index in [1.165, 1.54) is 12.1 Å². The van der Waals surface area contributed by atoms with E-state index in [-0.39, 0.29) is 5.82 Å². The van der Waals surface area contributed by atoms with Crippen molar-refractivity contribution in [2.45, 2.75) is 5.25 Å². The molecule has 1 atom stereocenters. The summed E-state index contributed by atoms with van der Waals surface area (Å²) in [6.45, 7) is 0. The number of carbonyl (C=O) groups is 1. The number of carbonyl (C=O) groups excluding carboxylic acids is 1. The topological polar surface area (TPSA) is 40.9 Å². The van der Waals surface area contributed by atoms with Gasteiger partial charge in [-0.2, -0.15) is 5.26 Å². The average molecular weight is 271 g/mol. The second-order valence-corrected chi connectivity index (χ2v) is 4.82. The van der Waals surface area contributed by atoms with Crippen molar-refractivity contribution in [2.75, 3.05) is 0 Å². The van der Waals surface area contributed by atoms with Crippen molar-refractivity contribution in [3.05, 3.63) is 59.9 Å². The highest BCUT2D eigenvalue weighted by molar-refractivity contribution is 8.04. The SMILES string of the molecule is N#CS[C@H](C=O)c1ccc(-c2ccc(F)cc2)cc1. The van der Waals surface area contributed by atoms with Crippen LogP contribution >= 0.6 is 11.8 Å². The quantitative estimate of drug-likeness (QED) is 0.624. The number of hydrogen-bond acceptors (Lipinski definition) is 3. The van der Waals surface area contributed by atoms with Crippen molar-refractivity contribution in [3.8, 4) is 16.5 Å². The Kier molecular flexibility index (Phi) is 4.32. The largest absolute Gasteiger partial charge is 0.302 e. The number of benzene rings is 2. The molecule has 0 saturated heterocycles. The van der Waals surface area contributed by atoms with Gasteiger partial charge in [0.2, 0.25) is 0 Å². The molecule has 0 unspecified atom stereocenters. The third-order valence-corrected chi connectivity index (χ3v) is 3.46. The minimum atomic E-state index is -0.465. The third kappa shape index (κ3) is 3.21. The Balaban J connectivity index is 2.25. The van der Waals surface area contributed by atoms with E-state index in [0.29, 0.717) is 0 Å². The van der Waals surface area contributed by atoms with Crippen molar-refractivity contribution in [3.63, 3.8) is 0 Å². The maximum atomic E-state index is 12.8. The van der Waals surface area contributed by atoms with E-state index in [4.69, 9.17) is 5.26 Å². The first-order valence-corrected chi connectivity index (χ1v) is 6.48. The molecule has 0 fully saturated rings. The van der Waals surface area contributed by atoms with Crippen molar-refractivity contribution < 1.29 is 9.18 Å². The van der Waals surface area contributed by atoms with E-state index in [2.05, 4.69) is 0 Å². The van der Waals surface area contributed by atoms with E-state index >= 15 is 0 Å². The predicted octanol–water partition coefficient (Wildman–Crippen LogP) is 3.95. The maximum Gasteiger partial charge on any atom is 0.138 e. The highest BCUT2D eigenvalue weighted by Crippen LogP contribution is 2.28. The smallest absolute Gasteiger partial charge is 0.138 e. The van der Waals surface area contributed by atoms with Gasteiger partial charge in [0.05, 0.1) is 5.25 Å². The molecule has 0 N–H and O–H groups in total. The van der Waals surface area contributed by atoms with Crippen LogP contribution < -0.4 is 0 Å². The summed E-state index contributed by atoms with van der Waals surface area (Å²) in [6, 6.07) is 13.5. The van der Waals surface area contributed by atoms with Gasteiger partial charge in [-0.25, -0.2) is 4.39 Å². The average Bonchev–Trinajstić information content (AvgIpc) is 2.46. The molecule has 2 aromatic carbocycles. The highest BCUT2D eigenvalue weighted by Gasteiger charge is 2.10. The summed E-state index contributed by atoms with van der Waals surface area (Å²) in [4.78, 5) is 10.9. The Morgan fingerprint density at radius 2 is 1.58 bits per heavy atom. The summed E-state index contributed by atoms with van der Waals surface area (Å²) in [7, 11) is 0. The van der Waals surface area contributed by atoms with Gasteiger partial charge in [-0.05, 0) is 40.6 Å². The molecule has 0 saturated carbocycles. The van der Waals surface area contributed by atoms with Crippen molar-refractivity contribution >= 4 is 18.0 Å². The van der Waals surface area contributed by atoms with Gasteiger partial charge in [0.15, 0.2) is 0 Å². The van der Waals surface area contributed by atoms with Crippen molar-refractivity contribution in [2.24, 2.45) is 0 Å². The van der Waals surface area contributed by atoms with Crippen LogP contribution in [-0.2, 0) is 4.79 Å². The van der Waals surface area contributed by atoms with Gasteiger partial charge in [0.1, 0.15) is 17.5 Å². The molecule has 0 amide bonds. The lowest BCUT2D eigenvalue weighted by Crippen LogP contribution is -1.93. The van der Waals surface area contributed by atoms with E-state index in [0.717, 1.165) is 34.7 Å². The van der Waals surface area contributed by atoms with Gasteiger partial charge < -0.3 is 4.79 Å². The minimum Gasteiger partial charge on any atom is -0.302 e. The van der Waals surface area contributed by atoms with Crippen LogP contribution in [0.5, 0.6) is 0 Å². The van der Waals surface area contributed by atoms with Crippen LogP contribution in [0.25, 0.3) is 11.1 Å². The lowest BCUT2D eigenvalue weighted by Gasteiger charge is -2.07. The summed E-state index contributed by atoms with van der Waals surface area (Å²) in [5.74, 6) is -0.271. The molecule has 94 valence electrons. The zero-order valence-corrected chi connectivity index (χ0v) is 10.7. The second kappa shape index (κ2) is 6.17. The fourth-order valence-corrected chi connectivity index (χ4v) is 2.20. The zero-order valence-electron chi connectivity index (χ0n) is 9.92. The highest BCUT2D eigenvalue weighted by atomic mass is 32.2. The molecule has 0 bridgehead atoms. The number of halogens is 1. The Bertz CT molecular complexity index is 602. The zero-order chi connectivity index (χ0) is 13.7. The van der Waals surface area contributed by atoms with Crippen LogP contribution in [0.1, 0.15) is 10.8 Å². The van der Waals surface area contributed by atoms with E-state index in [1.807, 2.05) is 29.7 Å². The van der Waals surface area contributed by atoms with Gasteiger partial charge in [-0.15, -0.1) is 0 Å². The molecule has 0 heterocycles. The first-order valence-electron chi connectivity index (χ1n) is 5.60. The fraction of sp³-hybridized carbons (Fsp3) is 0.0667. The number of rotatable bonds is 4. The van der Waals surface area contributed by atoms with Gasteiger partial charge in [0.25, 0.3) is 0 Å². The number of hydrogen-bond donors (Lipinski definition) is 0. The first-order chi connectivity index (χ1) is 9.24. The summed E-state index contributed by atoms with van der Waals surface area (Å²) in [6.07, 6.45) is 0.751. The molecule has 4 heteroatoms. The molecule has 0 aromatic heterocycles. The van der Waals surface area contributed by atoms with Crippen LogP contribution in [0.4, 0.5) is 4.39 Å². The Hall–Kier alpha value is -2.12. The van der Waals surface area contributed by atoms with Gasteiger partial charge >= 0.3 is 0 Å². The van der Waals surface area contributed by atoms with Gasteiger partial charge in [-0.1, -0.05) is 36.4 Å². The Morgan fingerprint density at radius 1 is 1.05 bits per heavy atom. The molecular formula is C15H10FNOS. The molecule has 0 aliphatic heterocycles. The number of aldehydes is 1. The molecule has 19 heavy (non-hydrogen) atoms. The molecule has 0 spiro atoms. The number of thiocyanates is 1. The predicted molar refractivity (Wildman–Crippen MR) is 73.8 cm³/mol. The fourth-order valence-electron chi connectivity index (χ4n) is 1.74. The van der Waals surface area contributed by atoms with Crippen LogP contribution in [0.15, 0.2) is 48.5 Å². The van der Waals surface area contributed by atoms with Crippen LogP contribution in [0.2, 0.25) is 0 Å². The molecule has 2 aromatic rings. The summed E-state index contributed by atoms with van der Waals surface area (Å²) in [5, 5.41) is 10.1. The van der Waals surface area contributed by atoms with Crippen molar-refractivity contribution in [1.82, 2.24) is 0 Å². The molecule has 0 aliphatic rings. The lowest BCUT2D eigenvalue weighted by atomic mass is 10.0. The van der Waals surface area contributed by atoms with Crippen LogP contribution in [-0.4, -0.2) is 6.29 Å². The van der Waals surface area contributed by atoms with E-state index < -0.39 is 5.25 Å². The second-order valence-electron chi connectivity index (χ2n) is 3.89. The number of nitriles is 1. The minimum absolute atomic E-state index is 0.271. The number of nitrogens with zero attached hydrogens (tertiary/aromatic N) is 1.